The first-order valence-corrected chi connectivity index (χ1v) is 7.82. The van der Waals surface area contributed by atoms with Crippen molar-refractivity contribution in [1.82, 2.24) is 20.2 Å². The quantitative estimate of drug-likeness (QED) is 0.913. The monoisotopic (exact) mass is 299 g/mol. The van der Waals surface area contributed by atoms with Crippen LogP contribution in [0.5, 0.6) is 0 Å². The molecule has 1 fully saturated rings. The molecule has 2 atom stereocenters. The summed E-state index contributed by atoms with van der Waals surface area (Å²) in [7, 11) is 0. The number of aryl methyl sites for hydroxylation is 2. The summed E-state index contributed by atoms with van der Waals surface area (Å²) < 4.78 is 5.85. The highest BCUT2D eigenvalue weighted by Crippen LogP contribution is 2.30. The summed E-state index contributed by atoms with van der Waals surface area (Å²) >= 11 is 0. The smallest absolute Gasteiger partial charge is 0.243 e. The van der Waals surface area contributed by atoms with Gasteiger partial charge in [0.15, 0.2) is 0 Å². The maximum atomic E-state index is 5.85. The lowest BCUT2D eigenvalue weighted by Crippen LogP contribution is -2.25. The molecule has 1 aliphatic rings. The minimum atomic E-state index is -0.0202. The molecule has 6 heteroatoms. The van der Waals surface area contributed by atoms with Gasteiger partial charge in [-0.15, -0.1) is 5.10 Å². The summed E-state index contributed by atoms with van der Waals surface area (Å²) in [6.45, 7) is 4.88. The molecule has 6 nitrogen and oxygen atoms in total. The molecule has 2 aromatic rings. The zero-order valence-corrected chi connectivity index (χ0v) is 13.0. The maximum Gasteiger partial charge on any atom is 0.243 e. The topological polar surface area (TPSA) is 72.8 Å². The number of rotatable bonds is 5. The molecular weight excluding hydrogens is 278 g/mol. The molecule has 0 aliphatic carbocycles. The fraction of sp³-hybridized carbons (Fsp3) is 0.500. The van der Waals surface area contributed by atoms with E-state index in [9.17, 15) is 0 Å². The third-order valence-corrected chi connectivity index (χ3v) is 3.93. The SMILES string of the molecule is CCc1nnc(N[C@H]2CCO[C@@H]2c2cccnc2)nc1CC. The predicted octanol–water partition coefficient (Wildman–Crippen LogP) is 2.33. The predicted molar refractivity (Wildman–Crippen MR) is 83.5 cm³/mol. The second-order valence-corrected chi connectivity index (χ2v) is 5.35. The van der Waals surface area contributed by atoms with Crippen molar-refractivity contribution >= 4 is 5.95 Å². The van der Waals surface area contributed by atoms with Gasteiger partial charge in [0, 0.05) is 24.6 Å². The molecule has 116 valence electrons. The van der Waals surface area contributed by atoms with E-state index in [1.54, 1.807) is 6.20 Å². The minimum Gasteiger partial charge on any atom is -0.371 e. The second kappa shape index (κ2) is 6.79. The van der Waals surface area contributed by atoms with Gasteiger partial charge in [-0.05, 0) is 25.3 Å². The van der Waals surface area contributed by atoms with Crippen molar-refractivity contribution in [3.05, 3.63) is 41.5 Å². The Morgan fingerprint density at radius 2 is 2.09 bits per heavy atom. The highest BCUT2D eigenvalue weighted by Gasteiger charge is 2.30. The Hall–Kier alpha value is -2.08. The number of ether oxygens (including phenoxy) is 1. The average Bonchev–Trinajstić information content (AvgIpc) is 3.03. The van der Waals surface area contributed by atoms with Gasteiger partial charge in [0.05, 0.1) is 17.4 Å². The Kier molecular flexibility index (Phi) is 4.58. The Labute approximate surface area is 130 Å². The average molecular weight is 299 g/mol. The number of hydrogen-bond acceptors (Lipinski definition) is 6. The third kappa shape index (κ3) is 3.06. The van der Waals surface area contributed by atoms with Crippen molar-refractivity contribution in [2.24, 2.45) is 0 Å². The van der Waals surface area contributed by atoms with E-state index in [0.717, 1.165) is 42.8 Å². The number of nitrogens with one attached hydrogen (secondary N) is 1. The Balaban J connectivity index is 1.77. The summed E-state index contributed by atoms with van der Waals surface area (Å²) in [5.74, 6) is 0.582. The first-order chi connectivity index (χ1) is 10.8. The van der Waals surface area contributed by atoms with Crippen molar-refractivity contribution < 1.29 is 4.74 Å². The van der Waals surface area contributed by atoms with Crippen LogP contribution in [0.3, 0.4) is 0 Å². The molecule has 3 heterocycles. The first kappa shape index (κ1) is 14.8. The molecule has 0 unspecified atom stereocenters. The molecule has 0 spiro atoms. The number of aromatic nitrogens is 4. The van der Waals surface area contributed by atoms with Crippen LogP contribution in [0.25, 0.3) is 0 Å². The van der Waals surface area contributed by atoms with E-state index in [0.29, 0.717) is 5.95 Å². The van der Waals surface area contributed by atoms with E-state index in [4.69, 9.17) is 4.74 Å². The van der Waals surface area contributed by atoms with Crippen molar-refractivity contribution in [3.63, 3.8) is 0 Å². The van der Waals surface area contributed by atoms with Crippen LogP contribution in [0.2, 0.25) is 0 Å². The summed E-state index contributed by atoms with van der Waals surface area (Å²) in [4.78, 5) is 8.77. The molecule has 3 rings (SSSR count). The summed E-state index contributed by atoms with van der Waals surface area (Å²) in [6.07, 6.45) is 6.23. The van der Waals surface area contributed by atoms with E-state index < -0.39 is 0 Å². The number of anilines is 1. The highest BCUT2D eigenvalue weighted by atomic mass is 16.5. The van der Waals surface area contributed by atoms with E-state index >= 15 is 0 Å². The van der Waals surface area contributed by atoms with Gasteiger partial charge in [-0.25, -0.2) is 4.98 Å². The molecule has 1 N–H and O–H groups in total. The van der Waals surface area contributed by atoms with Crippen LogP contribution in [0.1, 0.15) is 43.3 Å². The van der Waals surface area contributed by atoms with Gasteiger partial charge >= 0.3 is 0 Å². The zero-order valence-electron chi connectivity index (χ0n) is 13.0. The van der Waals surface area contributed by atoms with Gasteiger partial charge in [0.1, 0.15) is 6.10 Å². The standard InChI is InChI=1S/C16H21N5O/c1-3-12-13(4-2)20-21-16(18-12)19-14-7-9-22-15(14)11-6-5-8-17-10-11/h5-6,8,10,14-15H,3-4,7,9H2,1-2H3,(H,18,19,21)/t14-,15+/m0/s1. The number of nitrogens with zero attached hydrogens (tertiary/aromatic N) is 4. The second-order valence-electron chi connectivity index (χ2n) is 5.35. The Morgan fingerprint density at radius 1 is 1.23 bits per heavy atom. The number of pyridine rings is 1. The van der Waals surface area contributed by atoms with Crippen molar-refractivity contribution in [3.8, 4) is 0 Å². The van der Waals surface area contributed by atoms with Crippen LogP contribution < -0.4 is 5.32 Å². The fourth-order valence-electron chi connectivity index (χ4n) is 2.78. The molecule has 1 aliphatic heterocycles. The molecule has 0 amide bonds. The molecule has 0 saturated carbocycles. The Morgan fingerprint density at radius 3 is 2.82 bits per heavy atom. The molecular formula is C16H21N5O. The van der Waals surface area contributed by atoms with Crippen molar-refractivity contribution in [1.29, 1.82) is 0 Å². The zero-order chi connectivity index (χ0) is 15.4. The largest absolute Gasteiger partial charge is 0.371 e. The van der Waals surface area contributed by atoms with Crippen LogP contribution in [0.4, 0.5) is 5.95 Å². The molecule has 1 saturated heterocycles. The van der Waals surface area contributed by atoms with E-state index in [2.05, 4.69) is 39.3 Å². The lowest BCUT2D eigenvalue weighted by molar-refractivity contribution is 0.107. The minimum absolute atomic E-state index is 0.0202. The van der Waals surface area contributed by atoms with Crippen molar-refractivity contribution in [2.75, 3.05) is 11.9 Å². The van der Waals surface area contributed by atoms with Gasteiger partial charge in [0.25, 0.3) is 0 Å². The van der Waals surface area contributed by atoms with Crippen LogP contribution >= 0.6 is 0 Å². The summed E-state index contributed by atoms with van der Waals surface area (Å²) in [5.41, 5.74) is 3.06. The molecule has 22 heavy (non-hydrogen) atoms. The molecule has 0 bridgehead atoms. The summed E-state index contributed by atoms with van der Waals surface area (Å²) in [5, 5.41) is 11.9. The van der Waals surface area contributed by atoms with Gasteiger partial charge in [-0.2, -0.15) is 5.10 Å². The van der Waals surface area contributed by atoms with Crippen LogP contribution in [-0.2, 0) is 17.6 Å². The van der Waals surface area contributed by atoms with Crippen LogP contribution in [0.15, 0.2) is 24.5 Å². The van der Waals surface area contributed by atoms with Gasteiger partial charge in [0.2, 0.25) is 5.95 Å². The molecule has 0 aromatic carbocycles. The highest BCUT2D eigenvalue weighted by molar-refractivity contribution is 5.30. The molecule has 0 radical (unpaired) electrons. The maximum absolute atomic E-state index is 5.85. The number of hydrogen-bond donors (Lipinski definition) is 1. The Bertz CT molecular complexity index is 619. The van der Waals surface area contributed by atoms with Gasteiger partial charge < -0.3 is 10.1 Å². The summed E-state index contributed by atoms with van der Waals surface area (Å²) in [6, 6.07) is 4.11. The van der Waals surface area contributed by atoms with Crippen molar-refractivity contribution in [2.45, 2.75) is 45.3 Å². The van der Waals surface area contributed by atoms with Gasteiger partial charge in [-0.1, -0.05) is 19.9 Å². The molecule has 2 aromatic heterocycles. The van der Waals surface area contributed by atoms with Crippen LogP contribution in [-0.4, -0.2) is 32.8 Å². The van der Waals surface area contributed by atoms with E-state index in [1.165, 1.54) is 0 Å². The van der Waals surface area contributed by atoms with Gasteiger partial charge in [-0.3, -0.25) is 4.98 Å². The first-order valence-electron chi connectivity index (χ1n) is 7.82. The normalized spacial score (nSPS) is 21.0. The lowest BCUT2D eigenvalue weighted by atomic mass is 10.0. The van der Waals surface area contributed by atoms with E-state index in [-0.39, 0.29) is 12.1 Å². The fourth-order valence-corrected chi connectivity index (χ4v) is 2.78. The lowest BCUT2D eigenvalue weighted by Gasteiger charge is -2.20. The van der Waals surface area contributed by atoms with Crippen LogP contribution in [0, 0.1) is 0 Å². The third-order valence-electron chi connectivity index (χ3n) is 3.93. The van der Waals surface area contributed by atoms with E-state index in [1.807, 2.05) is 18.3 Å².